The molecular formula is C43H53ClF3N3O8S. The summed E-state index contributed by atoms with van der Waals surface area (Å²) in [5, 5.41) is 0.712. The maximum Gasteiger partial charge on any atom is 0.437 e. The second-order valence-electron chi connectivity index (χ2n) is 17.8. The molecule has 0 bridgehead atoms. The molecule has 0 radical (unpaired) electrons. The highest BCUT2D eigenvalue weighted by atomic mass is 35.5. The normalized spacial score (nSPS) is 30.2. The van der Waals surface area contributed by atoms with Crippen LogP contribution in [0.1, 0.15) is 128 Å². The standard InChI is InChI=1S/C42H49ClF3N3O8S.CH4/c1-39(17-18-39)58(54,55)48-38(53)41-21-26(41)10-6-4-2-3-5-9-25(19-34(51)56-28-11-7-8-12-28)37(52)49-24-40(22-32(49)33(50)23-41)16-15-29-30-20-27(43)13-14-31(30)47-36(35(29)57-40)42(44,45)46;/h6,10,13-14,20,25-26,28,32H,2-5,7-9,11-12,15-19,21-24H2,1H3,(H,48,53);1H4/b10-6-;/t25-,26-,32+,40-,41-;/m1./s1. The minimum Gasteiger partial charge on any atom is -0.483 e. The fourth-order valence-corrected chi connectivity index (χ4v) is 11.1. The molecule has 3 aliphatic carbocycles. The van der Waals surface area contributed by atoms with Crippen LogP contribution in [-0.2, 0) is 46.5 Å². The van der Waals surface area contributed by atoms with Crippen LogP contribution in [0, 0.1) is 17.3 Å². The number of fused-ring (bicyclic) bond motifs is 5. The lowest BCUT2D eigenvalue weighted by Crippen LogP contribution is -2.48. The SMILES string of the molecule is C.CC1(S(=O)(=O)NC(=O)[C@]23CC(=O)[C@@H]4C[C@]5(CCc6c(c(C(F)(F)F)nc7ccc(Cl)cc67)O5)CN4C(=O)[C@@H](CC(=O)OC4CCCC4)CCCCC/C=C\[C@@H]2C3)CC1. The lowest BCUT2D eigenvalue weighted by Gasteiger charge is -2.37. The number of hydrogen-bond acceptors (Lipinski definition) is 9. The van der Waals surface area contributed by atoms with E-state index in [1.807, 2.05) is 12.2 Å². The molecule has 1 saturated heterocycles. The first-order valence-electron chi connectivity index (χ1n) is 20.6. The number of ketones is 1. The third kappa shape index (κ3) is 8.48. The monoisotopic (exact) mass is 863 g/mol. The Balaban J connectivity index is 0.00000528. The first-order chi connectivity index (χ1) is 27.4. The third-order valence-corrected chi connectivity index (χ3v) is 15.9. The second-order valence-corrected chi connectivity index (χ2v) is 20.4. The van der Waals surface area contributed by atoms with Gasteiger partial charge in [0.05, 0.1) is 34.7 Å². The van der Waals surface area contributed by atoms with E-state index in [9.17, 15) is 40.8 Å². The van der Waals surface area contributed by atoms with Gasteiger partial charge in [-0.15, -0.1) is 0 Å². The van der Waals surface area contributed by atoms with Crippen molar-refractivity contribution < 1.29 is 50.2 Å². The average molecular weight is 864 g/mol. The van der Waals surface area contributed by atoms with Gasteiger partial charge in [0, 0.05) is 34.7 Å². The minimum absolute atomic E-state index is 0. The van der Waals surface area contributed by atoms with Gasteiger partial charge in [0.1, 0.15) is 11.7 Å². The summed E-state index contributed by atoms with van der Waals surface area (Å²) >= 11 is 6.27. The van der Waals surface area contributed by atoms with Crippen molar-refractivity contribution in [2.24, 2.45) is 17.3 Å². The van der Waals surface area contributed by atoms with E-state index in [4.69, 9.17) is 21.1 Å². The Morgan fingerprint density at radius 1 is 1.05 bits per heavy atom. The number of aryl methyl sites for hydroxylation is 1. The van der Waals surface area contributed by atoms with Gasteiger partial charge in [-0.05, 0) is 108 Å². The Morgan fingerprint density at radius 3 is 2.49 bits per heavy atom. The highest BCUT2D eigenvalue weighted by Gasteiger charge is 2.63. The molecule has 0 unspecified atom stereocenters. The number of nitrogens with one attached hydrogen (secondary N) is 1. The van der Waals surface area contributed by atoms with E-state index in [2.05, 4.69) is 9.71 Å². The summed E-state index contributed by atoms with van der Waals surface area (Å²) in [6.45, 7) is 1.32. The number of rotatable bonds is 6. The van der Waals surface area contributed by atoms with E-state index in [0.717, 1.165) is 38.5 Å². The van der Waals surface area contributed by atoms with E-state index in [-0.39, 0.29) is 63.3 Å². The predicted octanol–water partition coefficient (Wildman–Crippen LogP) is 8.18. The van der Waals surface area contributed by atoms with Gasteiger partial charge in [-0.25, -0.2) is 13.4 Å². The Morgan fingerprint density at radius 2 is 1.78 bits per heavy atom. The largest absolute Gasteiger partial charge is 0.483 e. The van der Waals surface area contributed by atoms with Crippen molar-refractivity contribution in [3.63, 3.8) is 0 Å². The maximum absolute atomic E-state index is 14.8. The van der Waals surface area contributed by atoms with Crippen LogP contribution < -0.4 is 9.46 Å². The molecule has 1 aromatic heterocycles. The summed E-state index contributed by atoms with van der Waals surface area (Å²) in [5.41, 5.74) is -3.69. The minimum atomic E-state index is -4.90. The fourth-order valence-electron chi connectivity index (χ4n) is 9.61. The average Bonchev–Trinajstić information content (AvgIpc) is 3.96. The van der Waals surface area contributed by atoms with E-state index in [0.29, 0.717) is 42.5 Å². The molecule has 3 aliphatic heterocycles. The second kappa shape index (κ2) is 16.0. The number of pyridine rings is 1. The number of allylic oxidation sites excluding steroid dienone is 2. The van der Waals surface area contributed by atoms with Crippen molar-refractivity contribution in [2.45, 2.75) is 152 Å². The first-order valence-corrected chi connectivity index (χ1v) is 22.4. The molecule has 59 heavy (non-hydrogen) atoms. The molecule has 5 atom stereocenters. The molecule has 322 valence electrons. The predicted molar refractivity (Wildman–Crippen MR) is 214 cm³/mol. The van der Waals surface area contributed by atoms with Crippen LogP contribution in [0.5, 0.6) is 5.75 Å². The van der Waals surface area contributed by atoms with Crippen LogP contribution >= 0.6 is 11.6 Å². The molecule has 8 rings (SSSR count). The summed E-state index contributed by atoms with van der Waals surface area (Å²) in [6, 6.07) is 3.20. The van der Waals surface area contributed by atoms with Gasteiger partial charge in [0.25, 0.3) is 0 Å². The summed E-state index contributed by atoms with van der Waals surface area (Å²) in [7, 11) is -4.04. The lowest BCUT2D eigenvalue weighted by atomic mass is 9.85. The molecule has 3 saturated carbocycles. The Kier molecular flexibility index (Phi) is 11.7. The Bertz CT molecular complexity index is 2170. The van der Waals surface area contributed by atoms with Crippen LogP contribution in [0.4, 0.5) is 13.2 Å². The number of nitrogens with zero attached hydrogens (tertiary/aromatic N) is 2. The number of Topliss-reactive ketones (excluding diaryl/α,β-unsaturated/α-hetero) is 1. The van der Waals surface area contributed by atoms with Crippen molar-refractivity contribution in [1.29, 1.82) is 0 Å². The van der Waals surface area contributed by atoms with Crippen LogP contribution in [0.15, 0.2) is 30.4 Å². The van der Waals surface area contributed by atoms with E-state index >= 15 is 0 Å². The number of benzene rings is 1. The smallest absolute Gasteiger partial charge is 0.437 e. The van der Waals surface area contributed by atoms with E-state index in [1.165, 1.54) is 17.0 Å². The van der Waals surface area contributed by atoms with E-state index in [1.54, 1.807) is 13.0 Å². The van der Waals surface area contributed by atoms with Crippen LogP contribution in [-0.4, -0.2) is 70.9 Å². The Labute approximate surface area is 348 Å². The molecule has 11 nitrogen and oxygen atoms in total. The number of esters is 1. The first kappa shape index (κ1) is 43.4. The quantitative estimate of drug-likeness (QED) is 0.224. The van der Waals surface area contributed by atoms with Crippen molar-refractivity contribution >= 4 is 56.1 Å². The molecule has 4 fully saturated rings. The van der Waals surface area contributed by atoms with Gasteiger partial charge in [0.15, 0.2) is 17.2 Å². The fraction of sp³-hybridized carbons (Fsp3) is 0.651. The number of sulfonamides is 1. The molecule has 1 N–H and O–H groups in total. The number of alkyl halides is 3. The summed E-state index contributed by atoms with van der Waals surface area (Å²) in [6.07, 6.45) is 5.65. The molecule has 2 aromatic rings. The third-order valence-electron chi connectivity index (χ3n) is 13.5. The van der Waals surface area contributed by atoms with Gasteiger partial charge < -0.3 is 14.4 Å². The molecule has 1 spiro atoms. The molecule has 4 heterocycles. The molecule has 2 amide bonds. The molecule has 6 aliphatic rings. The van der Waals surface area contributed by atoms with Gasteiger partial charge in [-0.2, -0.15) is 13.2 Å². The number of carbonyl (C=O) groups is 4. The number of carbonyl (C=O) groups excluding carboxylic acids is 4. The molecular weight excluding hydrogens is 811 g/mol. The molecule has 16 heteroatoms. The lowest BCUT2D eigenvalue weighted by molar-refractivity contribution is -0.154. The van der Waals surface area contributed by atoms with E-state index < -0.39 is 91.3 Å². The van der Waals surface area contributed by atoms with Crippen molar-refractivity contribution in [2.75, 3.05) is 6.54 Å². The van der Waals surface area contributed by atoms with Crippen molar-refractivity contribution in [3.8, 4) is 5.75 Å². The number of amides is 2. The maximum atomic E-state index is 14.8. The van der Waals surface area contributed by atoms with Crippen molar-refractivity contribution in [3.05, 3.63) is 46.6 Å². The molecule has 1 aromatic carbocycles. The van der Waals surface area contributed by atoms with Gasteiger partial charge >= 0.3 is 12.1 Å². The zero-order valence-electron chi connectivity index (χ0n) is 32.5. The Hall–Kier alpha value is -3.72. The number of aromatic nitrogens is 1. The van der Waals surface area contributed by atoms with Gasteiger partial charge in [0.2, 0.25) is 21.8 Å². The van der Waals surface area contributed by atoms with Crippen LogP contribution in [0.3, 0.4) is 0 Å². The van der Waals surface area contributed by atoms with Crippen molar-refractivity contribution in [1.82, 2.24) is 14.6 Å². The highest BCUT2D eigenvalue weighted by Crippen LogP contribution is 2.58. The topological polar surface area (TPSA) is 149 Å². The van der Waals surface area contributed by atoms with Gasteiger partial charge in [-0.1, -0.05) is 44.0 Å². The van der Waals surface area contributed by atoms with Crippen LogP contribution in [0.2, 0.25) is 5.02 Å². The highest BCUT2D eigenvalue weighted by molar-refractivity contribution is 7.91. The van der Waals surface area contributed by atoms with Gasteiger partial charge in [-0.3, -0.25) is 23.9 Å². The number of halogens is 4. The summed E-state index contributed by atoms with van der Waals surface area (Å²) in [5.74, 6) is -4.10. The zero-order chi connectivity index (χ0) is 41.3. The van der Waals surface area contributed by atoms with Crippen LogP contribution in [0.25, 0.3) is 10.9 Å². The number of ether oxygens (including phenoxy) is 2. The summed E-state index contributed by atoms with van der Waals surface area (Å²) in [4.78, 5) is 62.2. The summed E-state index contributed by atoms with van der Waals surface area (Å²) < 4.78 is 84.0. The zero-order valence-corrected chi connectivity index (χ0v) is 34.1. The number of hydrogen-bond donors (Lipinski definition) is 1.